The van der Waals surface area contributed by atoms with Crippen LogP contribution in [0.3, 0.4) is 0 Å². The molecule has 2 atom stereocenters. The molecule has 2 aliphatic rings. The maximum Gasteiger partial charge on any atom is -0.147 e. The number of allylic oxidation sites excluding steroid dienone is 5. The zero-order valence-electron chi connectivity index (χ0n) is 21.9. The van der Waals surface area contributed by atoms with Crippen LogP contribution in [0.25, 0.3) is 17.2 Å². The normalized spacial score (nSPS) is 18.9. The Hall–Kier alpha value is -1.54. The van der Waals surface area contributed by atoms with Gasteiger partial charge in [0.05, 0.1) is 0 Å². The van der Waals surface area contributed by atoms with E-state index in [1.807, 2.05) is 13.8 Å². The van der Waals surface area contributed by atoms with Gasteiger partial charge in [0.2, 0.25) is 0 Å². The summed E-state index contributed by atoms with van der Waals surface area (Å²) in [6.45, 7) is 17.9. The molecule has 0 spiro atoms. The third kappa shape index (κ3) is 4.43. The number of fused-ring (bicyclic) bond motifs is 1. The topological polar surface area (TPSA) is 0 Å². The fraction of sp³-hybridized carbons (Fsp3) is 0.290. The summed E-state index contributed by atoms with van der Waals surface area (Å²) in [7, 11) is 0. The Morgan fingerprint density at radius 1 is 0.800 bits per heavy atom. The van der Waals surface area contributed by atoms with Gasteiger partial charge in [-0.05, 0) is 0 Å². The molecular weight excluding hydrogens is 563 g/mol. The number of hydrogen-bond acceptors (Lipinski definition) is 0. The minimum Gasteiger partial charge on any atom is -0.147 e. The van der Waals surface area contributed by atoms with Crippen LogP contribution in [-0.2, 0) is 17.4 Å². The van der Waals surface area contributed by atoms with E-state index in [1.54, 1.807) is 3.28 Å². The van der Waals surface area contributed by atoms with Gasteiger partial charge in [-0.1, -0.05) is 0 Å². The second-order valence-corrected chi connectivity index (χ2v) is 30.1. The van der Waals surface area contributed by atoms with E-state index < -0.39 is 17.4 Å². The van der Waals surface area contributed by atoms with Crippen molar-refractivity contribution in [2.45, 2.75) is 52.1 Å². The van der Waals surface area contributed by atoms with E-state index in [0.29, 0.717) is 5.92 Å². The molecule has 182 valence electrons. The summed E-state index contributed by atoms with van der Waals surface area (Å²) in [5.41, 5.74) is 11.2. The molecule has 0 nitrogen and oxygen atoms in total. The van der Waals surface area contributed by atoms with Gasteiger partial charge in [-0.3, -0.25) is 0 Å². The molecule has 2 unspecified atom stereocenters. The first-order valence-electron chi connectivity index (χ1n) is 11.9. The molecule has 35 heavy (non-hydrogen) atoms. The fourth-order valence-corrected chi connectivity index (χ4v) is 30.9. The van der Waals surface area contributed by atoms with Crippen LogP contribution in [-0.4, -0.2) is 6.88 Å². The van der Waals surface area contributed by atoms with Gasteiger partial charge < -0.3 is 0 Å². The Bertz CT molecular complexity index is 1430. The van der Waals surface area contributed by atoms with Crippen LogP contribution in [0.4, 0.5) is 0 Å². The number of halogens is 2. The minimum absolute atomic E-state index is 0. The van der Waals surface area contributed by atoms with Crippen molar-refractivity contribution in [3.05, 3.63) is 85.2 Å². The molecule has 4 heteroatoms. The summed E-state index contributed by atoms with van der Waals surface area (Å²) in [6, 6.07) is 17.6. The standard InChI is InChI=1S/C16H13.C9H13.2C3H3.2ClH.H2Si.Zr/c1-12-10-14-8-5-9-15(16(14)11-12)13-6-3-2-4-7-13;1-6-5-7(2)9(4)8(6)3;2*1-3-2;;;;/h2-11H,1H3;6H,1-4H3;2*1H3;2*1H;1H2;. The summed E-state index contributed by atoms with van der Waals surface area (Å²) < 4.78 is 9.80. The molecule has 0 bridgehead atoms. The SMILES string of the molecule is CC#[C][Zr](=[SiH2])([C]#CC)([C]1=C(C)C(C)=C(C)C1C)[CH]1C(C)=Cc2c(-c3ccccc3)cccc21.Cl.Cl. The van der Waals surface area contributed by atoms with Crippen LogP contribution in [0.5, 0.6) is 0 Å². The quantitative estimate of drug-likeness (QED) is 0.247. The van der Waals surface area contributed by atoms with Crippen LogP contribution in [0.15, 0.2) is 74.1 Å². The van der Waals surface area contributed by atoms with E-state index in [9.17, 15) is 0 Å². The van der Waals surface area contributed by atoms with Gasteiger partial charge in [-0.2, -0.15) is 0 Å². The van der Waals surface area contributed by atoms with E-state index in [2.05, 4.69) is 115 Å². The molecule has 4 rings (SSSR count). The van der Waals surface area contributed by atoms with Gasteiger partial charge in [0.25, 0.3) is 0 Å². The third-order valence-corrected chi connectivity index (χ3v) is 28.9. The van der Waals surface area contributed by atoms with Crippen LogP contribution in [0.1, 0.15) is 63.2 Å². The molecule has 0 N–H and O–H groups in total. The van der Waals surface area contributed by atoms with Gasteiger partial charge in [-0.25, -0.2) is 0 Å². The van der Waals surface area contributed by atoms with E-state index in [-0.39, 0.29) is 28.4 Å². The van der Waals surface area contributed by atoms with Crippen molar-refractivity contribution >= 4 is 37.8 Å². The molecule has 0 aromatic heterocycles. The molecule has 0 amide bonds. The average molecular weight is 599 g/mol. The molecular formula is C31H36Cl2SiZr. The molecule has 0 saturated heterocycles. The van der Waals surface area contributed by atoms with E-state index >= 15 is 0 Å². The molecule has 0 saturated carbocycles. The molecule has 0 heterocycles. The Morgan fingerprint density at radius 2 is 1.40 bits per heavy atom. The average Bonchev–Trinajstić information content (AvgIpc) is 3.24. The second-order valence-electron chi connectivity index (χ2n) is 9.86. The Kier molecular flexibility index (Phi) is 9.19. The molecule has 0 aliphatic heterocycles. The van der Waals surface area contributed by atoms with Crippen molar-refractivity contribution in [1.82, 2.24) is 0 Å². The maximum atomic E-state index is 3.96. The van der Waals surface area contributed by atoms with Crippen molar-refractivity contribution in [1.29, 1.82) is 0 Å². The van der Waals surface area contributed by atoms with E-state index in [1.165, 1.54) is 44.5 Å². The molecule has 2 aromatic carbocycles. The molecule has 2 aliphatic carbocycles. The van der Waals surface area contributed by atoms with Crippen LogP contribution in [0.2, 0.25) is 0 Å². The summed E-state index contributed by atoms with van der Waals surface area (Å²) in [5.74, 6) is 7.25. The third-order valence-electron chi connectivity index (χ3n) is 8.08. The van der Waals surface area contributed by atoms with Gasteiger partial charge in [0, 0.05) is 0 Å². The van der Waals surface area contributed by atoms with E-state index in [4.69, 9.17) is 0 Å². The predicted molar refractivity (Wildman–Crippen MR) is 158 cm³/mol. The summed E-state index contributed by atoms with van der Waals surface area (Å²) in [5, 5.41) is 0. The first-order valence-corrected chi connectivity index (χ1v) is 22.9. The zero-order valence-corrected chi connectivity index (χ0v) is 27.4. The molecule has 2 aromatic rings. The summed E-state index contributed by atoms with van der Waals surface area (Å²) in [4.78, 5) is 0. The Balaban J connectivity index is 0.00000216. The van der Waals surface area contributed by atoms with Gasteiger partial charge in [0.15, 0.2) is 0 Å². The number of hydrogen-bond donors (Lipinski definition) is 0. The van der Waals surface area contributed by atoms with Crippen LogP contribution in [0, 0.1) is 25.0 Å². The van der Waals surface area contributed by atoms with Crippen molar-refractivity contribution in [3.8, 4) is 30.2 Å². The van der Waals surface area contributed by atoms with Gasteiger partial charge >= 0.3 is 204 Å². The smallest absolute Gasteiger partial charge is 0.147 e. The monoisotopic (exact) mass is 596 g/mol. The van der Waals surface area contributed by atoms with Crippen molar-refractivity contribution < 1.29 is 17.4 Å². The first-order chi connectivity index (χ1) is 15.7. The zero-order chi connectivity index (χ0) is 24.0. The van der Waals surface area contributed by atoms with Crippen molar-refractivity contribution in [2.75, 3.05) is 0 Å². The van der Waals surface area contributed by atoms with Crippen molar-refractivity contribution in [3.63, 3.8) is 0 Å². The minimum atomic E-state index is -4.24. The number of benzene rings is 2. The fourth-order valence-electron chi connectivity index (χ4n) is 6.59. The largest absolute Gasteiger partial charge is 0.147 e. The Labute approximate surface area is 227 Å². The number of rotatable bonds is 3. The van der Waals surface area contributed by atoms with Crippen molar-refractivity contribution in [2.24, 2.45) is 5.92 Å². The van der Waals surface area contributed by atoms with Gasteiger partial charge in [0.1, 0.15) is 0 Å². The van der Waals surface area contributed by atoms with E-state index in [0.717, 1.165) is 0 Å². The predicted octanol–water partition coefficient (Wildman–Crippen LogP) is 8.11. The van der Waals surface area contributed by atoms with Crippen LogP contribution >= 0.6 is 24.8 Å². The molecule has 0 radical (unpaired) electrons. The summed E-state index contributed by atoms with van der Waals surface area (Å²) in [6.07, 6.45) is 2.43. The second kappa shape index (κ2) is 10.8. The Morgan fingerprint density at radius 3 is 1.91 bits per heavy atom. The van der Waals surface area contributed by atoms with Gasteiger partial charge in [-0.15, -0.1) is 24.8 Å². The molecule has 0 fully saturated rings. The first kappa shape index (κ1) is 29.7. The summed E-state index contributed by atoms with van der Waals surface area (Å²) >= 11 is -4.24. The maximum absolute atomic E-state index is 4.24. The van der Waals surface area contributed by atoms with Crippen LogP contribution < -0.4 is 0 Å².